The molecule has 0 saturated heterocycles. The summed E-state index contributed by atoms with van der Waals surface area (Å²) in [5, 5.41) is 10.5. The fourth-order valence-corrected chi connectivity index (χ4v) is 5.24. The maximum atomic E-state index is 10.5. The van der Waals surface area contributed by atoms with Crippen molar-refractivity contribution in [3.8, 4) is 0 Å². The van der Waals surface area contributed by atoms with E-state index in [1.54, 1.807) is 0 Å². The lowest BCUT2D eigenvalue weighted by atomic mass is 9.62. The van der Waals surface area contributed by atoms with Crippen molar-refractivity contribution in [2.45, 2.75) is 58.5 Å². The first-order chi connectivity index (χ1) is 6.92. The van der Waals surface area contributed by atoms with E-state index in [0.29, 0.717) is 11.3 Å². The van der Waals surface area contributed by atoms with Crippen molar-refractivity contribution in [2.24, 2.45) is 29.1 Å². The molecule has 3 rings (SSSR count). The normalized spacial score (nSPS) is 56.8. The molecule has 3 aliphatic rings. The van der Waals surface area contributed by atoms with Crippen molar-refractivity contribution >= 4 is 0 Å². The molecule has 0 aromatic rings. The summed E-state index contributed by atoms with van der Waals surface area (Å²) in [4.78, 5) is 0. The van der Waals surface area contributed by atoms with Crippen LogP contribution in [0.5, 0.6) is 0 Å². The summed E-state index contributed by atoms with van der Waals surface area (Å²) in [5.74, 6) is 3.30. The molecule has 0 aliphatic heterocycles. The summed E-state index contributed by atoms with van der Waals surface area (Å²) >= 11 is 0. The second-order valence-corrected chi connectivity index (χ2v) is 7.22. The maximum Gasteiger partial charge on any atom is 0.0650 e. The highest BCUT2D eigenvalue weighted by atomic mass is 16.3. The average molecular weight is 208 g/mol. The minimum Gasteiger partial charge on any atom is -0.390 e. The lowest BCUT2D eigenvalue weighted by molar-refractivity contribution is -0.0770. The maximum absolute atomic E-state index is 10.5. The van der Waals surface area contributed by atoms with Crippen molar-refractivity contribution in [3.63, 3.8) is 0 Å². The van der Waals surface area contributed by atoms with Crippen LogP contribution in [-0.4, -0.2) is 10.7 Å². The molecule has 3 fully saturated rings. The fraction of sp³-hybridized carbons (Fsp3) is 1.00. The Morgan fingerprint density at radius 3 is 2.47 bits per heavy atom. The number of hydrogen-bond acceptors (Lipinski definition) is 1. The topological polar surface area (TPSA) is 20.2 Å². The van der Waals surface area contributed by atoms with Gasteiger partial charge in [0.05, 0.1) is 5.60 Å². The number of rotatable bonds is 0. The first-order valence-electron chi connectivity index (χ1n) is 6.64. The van der Waals surface area contributed by atoms with Gasteiger partial charge >= 0.3 is 0 Å². The smallest absolute Gasteiger partial charge is 0.0650 e. The van der Waals surface area contributed by atoms with Crippen LogP contribution in [0.2, 0.25) is 0 Å². The standard InChI is InChI=1S/C14H24O/c1-13(2)8-9-4-5-11-12(9)10(13)6-7-14(11,3)15/h9-12,15H,4-8H2,1-3H3. The molecule has 0 amide bonds. The van der Waals surface area contributed by atoms with E-state index in [9.17, 15) is 5.11 Å². The zero-order valence-electron chi connectivity index (χ0n) is 10.3. The highest BCUT2D eigenvalue weighted by Gasteiger charge is 2.59. The third-order valence-electron chi connectivity index (χ3n) is 5.87. The van der Waals surface area contributed by atoms with Crippen LogP contribution in [0, 0.1) is 29.1 Å². The molecule has 0 heterocycles. The van der Waals surface area contributed by atoms with Crippen LogP contribution < -0.4 is 0 Å². The molecule has 0 spiro atoms. The molecule has 0 aromatic heterocycles. The van der Waals surface area contributed by atoms with Crippen LogP contribution in [0.4, 0.5) is 0 Å². The SMILES string of the molecule is CC1(C)CC2CCC3C2C1CCC3(C)O. The summed E-state index contributed by atoms with van der Waals surface area (Å²) in [6.45, 7) is 6.99. The van der Waals surface area contributed by atoms with Gasteiger partial charge in [0.1, 0.15) is 0 Å². The van der Waals surface area contributed by atoms with E-state index in [2.05, 4.69) is 20.8 Å². The molecule has 5 unspecified atom stereocenters. The van der Waals surface area contributed by atoms with Crippen LogP contribution >= 0.6 is 0 Å². The third-order valence-corrected chi connectivity index (χ3v) is 5.87. The van der Waals surface area contributed by atoms with Crippen LogP contribution in [0.3, 0.4) is 0 Å². The van der Waals surface area contributed by atoms with E-state index in [1.165, 1.54) is 25.7 Å². The second kappa shape index (κ2) is 2.80. The quantitative estimate of drug-likeness (QED) is 0.648. The molecule has 5 atom stereocenters. The molecule has 3 aliphatic carbocycles. The Kier molecular flexibility index (Phi) is 1.89. The van der Waals surface area contributed by atoms with Crippen LogP contribution in [0.25, 0.3) is 0 Å². The van der Waals surface area contributed by atoms with Crippen molar-refractivity contribution < 1.29 is 5.11 Å². The molecule has 1 N–H and O–H groups in total. The Morgan fingerprint density at radius 1 is 1.00 bits per heavy atom. The molecular weight excluding hydrogens is 184 g/mol. The third kappa shape index (κ3) is 1.25. The van der Waals surface area contributed by atoms with Gasteiger partial charge in [-0.05, 0) is 68.1 Å². The first-order valence-corrected chi connectivity index (χ1v) is 6.64. The summed E-state index contributed by atoms with van der Waals surface area (Å²) in [5.41, 5.74) is 0.195. The van der Waals surface area contributed by atoms with Crippen molar-refractivity contribution in [3.05, 3.63) is 0 Å². The van der Waals surface area contributed by atoms with Gasteiger partial charge in [0.2, 0.25) is 0 Å². The molecule has 1 heteroatoms. The Hall–Kier alpha value is -0.0400. The lowest BCUT2D eigenvalue weighted by Gasteiger charge is -2.45. The monoisotopic (exact) mass is 208 g/mol. The van der Waals surface area contributed by atoms with Gasteiger partial charge in [0, 0.05) is 0 Å². The predicted molar refractivity (Wildman–Crippen MR) is 61.4 cm³/mol. The molecule has 0 bridgehead atoms. The molecule has 1 nitrogen and oxygen atoms in total. The van der Waals surface area contributed by atoms with Crippen molar-refractivity contribution in [2.75, 3.05) is 0 Å². The molecule has 0 radical (unpaired) electrons. The van der Waals surface area contributed by atoms with E-state index in [-0.39, 0.29) is 5.60 Å². The van der Waals surface area contributed by atoms with Crippen LogP contribution in [0.1, 0.15) is 52.9 Å². The second-order valence-electron chi connectivity index (χ2n) is 7.22. The van der Waals surface area contributed by atoms with Gasteiger partial charge in [-0.25, -0.2) is 0 Å². The summed E-state index contributed by atoms with van der Waals surface area (Å²) in [6, 6.07) is 0. The fourth-order valence-electron chi connectivity index (χ4n) is 5.24. The van der Waals surface area contributed by atoms with E-state index in [0.717, 1.165) is 24.2 Å². The zero-order valence-corrected chi connectivity index (χ0v) is 10.3. The zero-order chi connectivity index (χ0) is 10.8. The molecule has 86 valence electrons. The molecule has 15 heavy (non-hydrogen) atoms. The Balaban J connectivity index is 1.96. The highest BCUT2D eigenvalue weighted by Crippen LogP contribution is 2.64. The minimum absolute atomic E-state index is 0.351. The molecule has 0 aromatic carbocycles. The van der Waals surface area contributed by atoms with Gasteiger partial charge in [-0.2, -0.15) is 0 Å². The Labute approximate surface area is 93.3 Å². The van der Waals surface area contributed by atoms with Gasteiger partial charge < -0.3 is 5.11 Å². The lowest BCUT2D eigenvalue weighted by Crippen LogP contribution is -2.45. The van der Waals surface area contributed by atoms with E-state index >= 15 is 0 Å². The highest BCUT2D eigenvalue weighted by molar-refractivity contribution is 5.09. The number of hydrogen-bond donors (Lipinski definition) is 1. The van der Waals surface area contributed by atoms with E-state index in [4.69, 9.17) is 0 Å². The Bertz CT molecular complexity index is 269. The summed E-state index contributed by atoms with van der Waals surface area (Å²) in [7, 11) is 0. The van der Waals surface area contributed by atoms with Gasteiger partial charge in [-0.15, -0.1) is 0 Å². The average Bonchev–Trinajstić information content (AvgIpc) is 2.57. The van der Waals surface area contributed by atoms with Gasteiger partial charge in [-0.1, -0.05) is 13.8 Å². The minimum atomic E-state index is -0.351. The molecular formula is C14H24O. The Morgan fingerprint density at radius 2 is 1.73 bits per heavy atom. The summed E-state index contributed by atoms with van der Waals surface area (Å²) in [6.07, 6.45) is 6.38. The van der Waals surface area contributed by atoms with E-state index in [1.807, 2.05) is 0 Å². The van der Waals surface area contributed by atoms with E-state index < -0.39 is 0 Å². The summed E-state index contributed by atoms with van der Waals surface area (Å²) < 4.78 is 0. The largest absolute Gasteiger partial charge is 0.390 e. The molecule has 3 saturated carbocycles. The van der Waals surface area contributed by atoms with Gasteiger partial charge in [0.15, 0.2) is 0 Å². The van der Waals surface area contributed by atoms with Crippen molar-refractivity contribution in [1.29, 1.82) is 0 Å². The van der Waals surface area contributed by atoms with Crippen LogP contribution in [-0.2, 0) is 0 Å². The predicted octanol–water partition coefficient (Wildman–Crippen LogP) is 3.22. The first kappa shape index (κ1) is 10.1. The van der Waals surface area contributed by atoms with Crippen LogP contribution in [0.15, 0.2) is 0 Å². The van der Waals surface area contributed by atoms with Gasteiger partial charge in [-0.3, -0.25) is 0 Å². The van der Waals surface area contributed by atoms with Crippen molar-refractivity contribution in [1.82, 2.24) is 0 Å². The van der Waals surface area contributed by atoms with Gasteiger partial charge in [0.25, 0.3) is 0 Å². The number of aliphatic hydroxyl groups is 1.